The van der Waals surface area contributed by atoms with Crippen molar-refractivity contribution in [3.8, 4) is 11.5 Å². The predicted octanol–water partition coefficient (Wildman–Crippen LogP) is 3.20. The number of benzene rings is 1. The average molecular weight is 266 g/mol. The van der Waals surface area contributed by atoms with Crippen LogP contribution in [0, 0.1) is 0 Å². The van der Waals surface area contributed by atoms with Crippen LogP contribution in [-0.2, 0) is 0 Å². The number of fused-ring (bicyclic) bond motifs is 1. The van der Waals surface area contributed by atoms with Gasteiger partial charge in [-0.25, -0.2) is 4.98 Å². The van der Waals surface area contributed by atoms with Crippen LogP contribution in [0.5, 0.6) is 0 Å². The third-order valence-corrected chi connectivity index (χ3v) is 3.05. The lowest BCUT2D eigenvalue weighted by Gasteiger charge is -2.09. The zero-order chi connectivity index (χ0) is 14.1. The Morgan fingerprint density at radius 2 is 1.90 bits per heavy atom. The molecule has 0 unspecified atom stereocenters. The second kappa shape index (κ2) is 4.81. The van der Waals surface area contributed by atoms with Gasteiger partial charge in [-0.15, -0.1) is 0 Å². The van der Waals surface area contributed by atoms with E-state index in [9.17, 15) is 4.79 Å². The van der Waals surface area contributed by atoms with Gasteiger partial charge in [-0.05, 0) is 24.3 Å². The Bertz CT molecular complexity index is 742. The van der Waals surface area contributed by atoms with Crippen LogP contribution in [-0.4, -0.2) is 29.9 Å². The molecule has 0 aliphatic heterocycles. The number of furan rings is 1. The predicted molar refractivity (Wildman–Crippen MR) is 77.5 cm³/mol. The van der Waals surface area contributed by atoms with Crippen LogP contribution in [0.1, 0.15) is 10.5 Å². The van der Waals surface area contributed by atoms with Gasteiger partial charge in [0.05, 0.1) is 0 Å². The van der Waals surface area contributed by atoms with Crippen LogP contribution in [0.25, 0.3) is 22.4 Å². The first-order chi connectivity index (χ1) is 9.65. The molecule has 2 aromatic heterocycles. The maximum atomic E-state index is 11.9. The molecule has 100 valence electrons. The normalized spacial score (nSPS) is 10.7. The van der Waals surface area contributed by atoms with E-state index in [1.807, 2.05) is 42.5 Å². The maximum absolute atomic E-state index is 11.9. The number of pyridine rings is 1. The second-order valence-corrected chi connectivity index (χ2v) is 4.76. The Labute approximate surface area is 116 Å². The molecule has 0 saturated carbocycles. The van der Waals surface area contributed by atoms with Crippen molar-refractivity contribution in [3.05, 3.63) is 54.2 Å². The topological polar surface area (TPSA) is 46.3 Å². The van der Waals surface area contributed by atoms with Crippen LogP contribution in [0.3, 0.4) is 0 Å². The van der Waals surface area contributed by atoms with Crippen LogP contribution >= 0.6 is 0 Å². The highest BCUT2D eigenvalue weighted by molar-refractivity contribution is 5.92. The second-order valence-electron chi connectivity index (χ2n) is 4.76. The number of para-hydroxylation sites is 1. The summed E-state index contributed by atoms with van der Waals surface area (Å²) in [6.45, 7) is 0. The first-order valence-electron chi connectivity index (χ1n) is 6.33. The summed E-state index contributed by atoms with van der Waals surface area (Å²) >= 11 is 0. The molecule has 4 heteroatoms. The molecule has 0 spiro atoms. The number of amides is 1. The van der Waals surface area contributed by atoms with Gasteiger partial charge >= 0.3 is 0 Å². The molecule has 0 aliphatic carbocycles. The van der Waals surface area contributed by atoms with Crippen molar-refractivity contribution in [2.24, 2.45) is 0 Å². The van der Waals surface area contributed by atoms with Crippen molar-refractivity contribution in [1.29, 1.82) is 0 Å². The first kappa shape index (κ1) is 12.4. The molecule has 20 heavy (non-hydrogen) atoms. The van der Waals surface area contributed by atoms with Gasteiger partial charge in [0.15, 0.2) is 5.76 Å². The fourth-order valence-corrected chi connectivity index (χ4v) is 2.03. The number of hydrogen-bond acceptors (Lipinski definition) is 3. The molecule has 3 aromatic rings. The lowest BCUT2D eigenvalue weighted by atomic mass is 10.2. The molecule has 0 saturated heterocycles. The van der Waals surface area contributed by atoms with Crippen molar-refractivity contribution >= 4 is 16.9 Å². The monoisotopic (exact) mass is 266 g/mol. The van der Waals surface area contributed by atoms with E-state index in [1.165, 1.54) is 4.90 Å². The summed E-state index contributed by atoms with van der Waals surface area (Å²) < 4.78 is 5.76. The SMILES string of the molecule is CN(C)C(=O)c1cccc(-c2cc3ccccc3o2)n1. The van der Waals surface area contributed by atoms with Crippen LogP contribution < -0.4 is 0 Å². The summed E-state index contributed by atoms with van der Waals surface area (Å²) in [6.07, 6.45) is 0. The van der Waals surface area contributed by atoms with E-state index in [0.29, 0.717) is 17.1 Å². The Morgan fingerprint density at radius 3 is 2.65 bits per heavy atom. The van der Waals surface area contributed by atoms with Gasteiger partial charge in [0.25, 0.3) is 5.91 Å². The molecule has 4 nitrogen and oxygen atoms in total. The van der Waals surface area contributed by atoms with E-state index >= 15 is 0 Å². The van der Waals surface area contributed by atoms with E-state index in [0.717, 1.165) is 11.0 Å². The van der Waals surface area contributed by atoms with Crippen LogP contribution in [0.15, 0.2) is 52.9 Å². The summed E-state index contributed by atoms with van der Waals surface area (Å²) in [7, 11) is 3.41. The summed E-state index contributed by atoms with van der Waals surface area (Å²) in [6, 6.07) is 15.1. The van der Waals surface area contributed by atoms with Gasteiger partial charge in [-0.2, -0.15) is 0 Å². The molecule has 0 N–H and O–H groups in total. The molecular weight excluding hydrogens is 252 g/mol. The maximum Gasteiger partial charge on any atom is 0.271 e. The molecule has 0 fully saturated rings. The number of hydrogen-bond donors (Lipinski definition) is 0. The zero-order valence-electron chi connectivity index (χ0n) is 11.3. The van der Waals surface area contributed by atoms with E-state index < -0.39 is 0 Å². The minimum Gasteiger partial charge on any atom is -0.454 e. The van der Waals surface area contributed by atoms with Crippen molar-refractivity contribution in [2.45, 2.75) is 0 Å². The van der Waals surface area contributed by atoms with Gasteiger partial charge in [0.1, 0.15) is 17.0 Å². The van der Waals surface area contributed by atoms with Gasteiger partial charge in [0.2, 0.25) is 0 Å². The largest absolute Gasteiger partial charge is 0.454 e. The summed E-state index contributed by atoms with van der Waals surface area (Å²) in [5.74, 6) is 0.544. The highest BCUT2D eigenvalue weighted by Crippen LogP contribution is 2.26. The van der Waals surface area contributed by atoms with Crippen molar-refractivity contribution in [1.82, 2.24) is 9.88 Å². The van der Waals surface area contributed by atoms with Gasteiger partial charge in [-0.1, -0.05) is 24.3 Å². The number of aromatic nitrogens is 1. The molecule has 3 rings (SSSR count). The molecule has 0 aliphatic rings. The fourth-order valence-electron chi connectivity index (χ4n) is 2.03. The Morgan fingerprint density at radius 1 is 1.10 bits per heavy atom. The van der Waals surface area contributed by atoms with Crippen LogP contribution in [0.4, 0.5) is 0 Å². The van der Waals surface area contributed by atoms with Gasteiger partial charge < -0.3 is 9.32 Å². The molecule has 0 radical (unpaired) electrons. The molecule has 0 bridgehead atoms. The van der Waals surface area contributed by atoms with Crippen LogP contribution in [0.2, 0.25) is 0 Å². The third-order valence-electron chi connectivity index (χ3n) is 3.05. The first-order valence-corrected chi connectivity index (χ1v) is 6.33. The number of rotatable bonds is 2. The molecule has 1 aromatic carbocycles. The Kier molecular flexibility index (Phi) is 2.99. The molecule has 1 amide bonds. The van der Waals surface area contributed by atoms with Gasteiger partial charge in [0, 0.05) is 19.5 Å². The van der Waals surface area contributed by atoms with E-state index in [1.54, 1.807) is 20.2 Å². The van der Waals surface area contributed by atoms with Gasteiger partial charge in [-0.3, -0.25) is 4.79 Å². The lowest BCUT2D eigenvalue weighted by molar-refractivity contribution is 0.0822. The van der Waals surface area contributed by atoms with E-state index in [2.05, 4.69) is 4.98 Å². The molecule has 2 heterocycles. The Balaban J connectivity index is 2.05. The number of carbonyl (C=O) groups excluding carboxylic acids is 1. The zero-order valence-corrected chi connectivity index (χ0v) is 11.3. The minimum absolute atomic E-state index is 0.122. The lowest BCUT2D eigenvalue weighted by Crippen LogP contribution is -2.22. The van der Waals surface area contributed by atoms with Crippen molar-refractivity contribution in [2.75, 3.05) is 14.1 Å². The van der Waals surface area contributed by atoms with E-state index in [4.69, 9.17) is 4.42 Å². The highest BCUT2D eigenvalue weighted by atomic mass is 16.3. The quantitative estimate of drug-likeness (QED) is 0.715. The molecular formula is C16H14N2O2. The van der Waals surface area contributed by atoms with E-state index in [-0.39, 0.29) is 5.91 Å². The summed E-state index contributed by atoms with van der Waals surface area (Å²) in [5, 5.41) is 1.02. The summed E-state index contributed by atoms with van der Waals surface area (Å²) in [4.78, 5) is 17.8. The standard InChI is InChI=1S/C16H14N2O2/c1-18(2)16(19)13-8-5-7-12(17-13)15-10-11-6-3-4-9-14(11)20-15/h3-10H,1-2H3. The summed E-state index contributed by atoms with van der Waals surface area (Å²) in [5.41, 5.74) is 1.88. The number of carbonyl (C=O) groups is 1. The third kappa shape index (κ3) is 2.16. The van der Waals surface area contributed by atoms with Crippen molar-refractivity contribution < 1.29 is 9.21 Å². The highest BCUT2D eigenvalue weighted by Gasteiger charge is 2.12. The number of nitrogens with zero attached hydrogens (tertiary/aromatic N) is 2. The van der Waals surface area contributed by atoms with Crippen molar-refractivity contribution in [3.63, 3.8) is 0 Å². The molecule has 0 atom stereocenters. The smallest absolute Gasteiger partial charge is 0.271 e. The Hall–Kier alpha value is -2.62. The fraction of sp³-hybridized carbons (Fsp3) is 0.125. The minimum atomic E-state index is -0.122. The average Bonchev–Trinajstić information content (AvgIpc) is 2.90.